The number of aromatic amines is 1. The first-order valence-corrected chi connectivity index (χ1v) is 6.41. The molecule has 0 unspecified atom stereocenters. The maximum Gasteiger partial charge on any atom is 0.248 e. The fourth-order valence-corrected chi connectivity index (χ4v) is 3.57. The molecule has 2 aliphatic rings. The fraction of sp³-hybridized carbons (Fsp3) is 0.400. The maximum absolute atomic E-state index is 11.5. The zero-order chi connectivity index (χ0) is 12.9. The Hall–Kier alpha value is -1.61. The lowest BCUT2D eigenvalue weighted by molar-refractivity contribution is 0.430. The van der Waals surface area contributed by atoms with Crippen molar-refractivity contribution >= 4 is 0 Å². The number of aromatic nitrogens is 1. The molecule has 0 fully saturated rings. The van der Waals surface area contributed by atoms with Crippen molar-refractivity contribution in [2.45, 2.75) is 32.2 Å². The second-order valence-corrected chi connectivity index (χ2v) is 5.42. The molecule has 3 nitrogen and oxygen atoms in total. The number of nitrogens with two attached hydrogens (primary N) is 1. The Bertz CT molecular complexity index is 624. The van der Waals surface area contributed by atoms with Gasteiger partial charge < -0.3 is 10.7 Å². The molecule has 0 saturated heterocycles. The van der Waals surface area contributed by atoms with Crippen LogP contribution in [0.2, 0.25) is 0 Å². The highest BCUT2D eigenvalue weighted by Gasteiger charge is 2.42. The summed E-state index contributed by atoms with van der Waals surface area (Å²) in [6, 6.07) is 3.45. The number of hydrogen-bond acceptors (Lipinski definition) is 2. The highest BCUT2D eigenvalue weighted by Crippen LogP contribution is 2.46. The molecule has 94 valence electrons. The van der Waals surface area contributed by atoms with Gasteiger partial charge >= 0.3 is 0 Å². The molecule has 1 aromatic heterocycles. The predicted octanol–water partition coefficient (Wildman–Crippen LogP) is 2.00. The predicted molar refractivity (Wildman–Crippen MR) is 72.3 cm³/mol. The van der Waals surface area contributed by atoms with Crippen LogP contribution in [0, 0.1) is 5.92 Å². The molecule has 1 aromatic rings. The van der Waals surface area contributed by atoms with Crippen LogP contribution in [0.15, 0.2) is 40.2 Å². The summed E-state index contributed by atoms with van der Waals surface area (Å²) in [7, 11) is 0. The molecule has 2 aliphatic carbocycles. The van der Waals surface area contributed by atoms with Gasteiger partial charge in [0.25, 0.3) is 0 Å². The number of allylic oxidation sites excluding steroid dienone is 2. The van der Waals surface area contributed by atoms with Gasteiger partial charge in [-0.1, -0.05) is 17.7 Å². The number of fused-ring (bicyclic) bond motifs is 4. The maximum atomic E-state index is 11.5. The fourth-order valence-electron chi connectivity index (χ4n) is 3.57. The summed E-state index contributed by atoms with van der Waals surface area (Å²) < 4.78 is 0. The Morgan fingerprint density at radius 1 is 1.44 bits per heavy atom. The molecule has 0 aromatic carbocycles. The largest absolute Gasteiger partial charge is 0.326 e. The lowest BCUT2D eigenvalue weighted by Gasteiger charge is -2.44. The topological polar surface area (TPSA) is 58.9 Å². The highest BCUT2D eigenvalue weighted by molar-refractivity contribution is 5.50. The van der Waals surface area contributed by atoms with Crippen LogP contribution in [0.4, 0.5) is 0 Å². The van der Waals surface area contributed by atoms with Gasteiger partial charge in [0.1, 0.15) is 0 Å². The van der Waals surface area contributed by atoms with E-state index in [1.807, 2.05) is 6.07 Å². The smallest absolute Gasteiger partial charge is 0.248 e. The molecular formula is C15H18N2O. The van der Waals surface area contributed by atoms with Gasteiger partial charge in [-0.15, -0.1) is 0 Å². The summed E-state index contributed by atoms with van der Waals surface area (Å²) in [5, 5.41) is 0. The Morgan fingerprint density at radius 3 is 2.94 bits per heavy atom. The number of H-pyrrole nitrogens is 1. The molecule has 0 radical (unpaired) electrons. The van der Waals surface area contributed by atoms with Crippen molar-refractivity contribution in [1.29, 1.82) is 0 Å². The van der Waals surface area contributed by atoms with Gasteiger partial charge in [0.15, 0.2) is 0 Å². The summed E-state index contributed by atoms with van der Waals surface area (Å²) in [4.78, 5) is 14.4. The highest BCUT2D eigenvalue weighted by atomic mass is 16.1. The summed E-state index contributed by atoms with van der Waals surface area (Å²) in [6.07, 6.45) is 6.21. The van der Waals surface area contributed by atoms with Gasteiger partial charge in [-0.25, -0.2) is 0 Å². The summed E-state index contributed by atoms with van der Waals surface area (Å²) in [5.74, 6) is 0.426. The first kappa shape index (κ1) is 11.5. The van der Waals surface area contributed by atoms with Crippen LogP contribution < -0.4 is 11.3 Å². The van der Waals surface area contributed by atoms with Crippen molar-refractivity contribution in [2.75, 3.05) is 0 Å². The standard InChI is InChI=1S/C15H18N2O/c1-3-11-10-6-9(2)8-15(11,16)12-4-5-14(18)17-13(12)7-10/h3-5,8,10H,6-7,16H2,1-2H3,(H,17,18)/b11-3+/t10-,15-/m1/s1. The van der Waals surface area contributed by atoms with E-state index in [1.165, 1.54) is 11.1 Å². The minimum absolute atomic E-state index is 0.0416. The summed E-state index contributed by atoms with van der Waals surface area (Å²) in [5.41, 5.74) is 10.7. The zero-order valence-electron chi connectivity index (χ0n) is 10.8. The molecule has 2 atom stereocenters. The molecule has 0 saturated carbocycles. The van der Waals surface area contributed by atoms with Crippen molar-refractivity contribution in [3.63, 3.8) is 0 Å². The van der Waals surface area contributed by atoms with Gasteiger partial charge in [-0.05, 0) is 49.8 Å². The second-order valence-electron chi connectivity index (χ2n) is 5.42. The molecule has 2 bridgehead atoms. The third-order valence-corrected chi connectivity index (χ3v) is 4.17. The van der Waals surface area contributed by atoms with Crippen LogP contribution in [0.5, 0.6) is 0 Å². The minimum Gasteiger partial charge on any atom is -0.326 e. The van der Waals surface area contributed by atoms with Gasteiger partial charge in [0, 0.05) is 11.8 Å². The molecule has 18 heavy (non-hydrogen) atoms. The lowest BCUT2D eigenvalue weighted by atomic mass is 9.64. The molecule has 0 spiro atoms. The van der Waals surface area contributed by atoms with Crippen LogP contribution >= 0.6 is 0 Å². The minimum atomic E-state index is -0.528. The first-order chi connectivity index (χ1) is 8.54. The quantitative estimate of drug-likeness (QED) is 0.684. The van der Waals surface area contributed by atoms with E-state index in [-0.39, 0.29) is 5.56 Å². The van der Waals surface area contributed by atoms with E-state index < -0.39 is 5.54 Å². The van der Waals surface area contributed by atoms with Crippen LogP contribution in [-0.4, -0.2) is 4.98 Å². The van der Waals surface area contributed by atoms with E-state index >= 15 is 0 Å². The number of rotatable bonds is 0. The molecule has 1 heterocycles. The van der Waals surface area contributed by atoms with Crippen LogP contribution in [-0.2, 0) is 12.0 Å². The van der Waals surface area contributed by atoms with Crippen molar-refractivity contribution in [1.82, 2.24) is 4.98 Å². The average molecular weight is 242 g/mol. The van der Waals surface area contributed by atoms with E-state index in [2.05, 4.69) is 31.0 Å². The van der Waals surface area contributed by atoms with Gasteiger partial charge in [-0.3, -0.25) is 4.79 Å². The van der Waals surface area contributed by atoms with Gasteiger partial charge in [0.05, 0.1) is 5.54 Å². The Balaban J connectivity index is 2.31. The Labute approximate surface area is 106 Å². The van der Waals surface area contributed by atoms with E-state index in [0.717, 1.165) is 24.1 Å². The van der Waals surface area contributed by atoms with E-state index in [9.17, 15) is 4.79 Å². The Kier molecular flexibility index (Phi) is 2.35. The third-order valence-electron chi connectivity index (χ3n) is 4.17. The summed E-state index contributed by atoms with van der Waals surface area (Å²) in [6.45, 7) is 4.19. The van der Waals surface area contributed by atoms with Gasteiger partial charge in [0.2, 0.25) is 5.56 Å². The second kappa shape index (κ2) is 3.69. The van der Waals surface area contributed by atoms with Crippen molar-refractivity contribution in [2.24, 2.45) is 11.7 Å². The zero-order valence-corrected chi connectivity index (χ0v) is 10.8. The van der Waals surface area contributed by atoms with E-state index in [0.29, 0.717) is 5.92 Å². The Morgan fingerprint density at radius 2 is 2.22 bits per heavy atom. The monoisotopic (exact) mass is 242 g/mol. The first-order valence-electron chi connectivity index (χ1n) is 6.41. The van der Waals surface area contributed by atoms with Crippen LogP contribution in [0.3, 0.4) is 0 Å². The van der Waals surface area contributed by atoms with E-state index in [1.54, 1.807) is 6.07 Å². The molecule has 3 rings (SSSR count). The molecule has 0 amide bonds. The van der Waals surface area contributed by atoms with Crippen LogP contribution in [0.25, 0.3) is 0 Å². The number of pyridine rings is 1. The lowest BCUT2D eigenvalue weighted by Crippen LogP contribution is -2.47. The third kappa shape index (κ3) is 1.44. The van der Waals surface area contributed by atoms with Crippen LogP contribution in [0.1, 0.15) is 31.5 Å². The molecule has 3 heteroatoms. The SMILES string of the molecule is C/C=C1\[C@@H]2CC(C)=C[C@]1(N)c1ccc(=O)[nH]c1C2. The van der Waals surface area contributed by atoms with Crippen molar-refractivity contribution in [3.05, 3.63) is 57.0 Å². The molecular weight excluding hydrogens is 224 g/mol. The number of nitrogens with one attached hydrogen (secondary N) is 1. The van der Waals surface area contributed by atoms with Crippen molar-refractivity contribution in [3.8, 4) is 0 Å². The normalized spacial score (nSPS) is 32.1. The molecule has 0 aliphatic heterocycles. The van der Waals surface area contributed by atoms with Gasteiger partial charge in [-0.2, -0.15) is 0 Å². The van der Waals surface area contributed by atoms with Crippen molar-refractivity contribution < 1.29 is 0 Å². The van der Waals surface area contributed by atoms with E-state index in [4.69, 9.17) is 5.73 Å². The number of hydrogen-bond donors (Lipinski definition) is 2. The average Bonchev–Trinajstić information content (AvgIpc) is 2.26. The summed E-state index contributed by atoms with van der Waals surface area (Å²) >= 11 is 0. The molecule has 3 N–H and O–H groups in total.